The number of nitrogens with zero attached hydrogens (tertiary/aromatic N) is 1. The quantitative estimate of drug-likeness (QED) is 0.106. The number of hydrogen-bond donors (Lipinski definition) is 1. The Kier molecular flexibility index (Phi) is 7.93. The molecule has 3 heterocycles. The molecule has 2 saturated carbocycles. The van der Waals surface area contributed by atoms with Crippen molar-refractivity contribution >= 4 is 5.97 Å². The van der Waals surface area contributed by atoms with E-state index in [4.69, 9.17) is 23.7 Å². The molecule has 246 valence electrons. The maximum absolute atomic E-state index is 12.9. The molecule has 2 spiro atoms. The van der Waals surface area contributed by atoms with E-state index in [1.165, 1.54) is 34.9 Å². The van der Waals surface area contributed by atoms with Gasteiger partial charge in [0.15, 0.2) is 0 Å². The van der Waals surface area contributed by atoms with E-state index < -0.39 is 11.6 Å². The monoisotopic (exact) mass is 724 g/mol. The Balaban J connectivity index is 1.33. The minimum atomic E-state index is -0.899. The first kappa shape index (κ1) is 31.6. The topological polar surface area (TPSA) is 86.7 Å². The van der Waals surface area contributed by atoms with Gasteiger partial charge in [-0.1, -0.05) is 0 Å². The standard InChI is InChI=1S/C35H51INO7/c1-31(2,3)32(4,39)25(20-41-6)16-34-27-15-23-9-10-26(43-28(38)21-42-14-13-40-5)30-29(23)33(34,11-12-37(27)19-22-7-8-22)35(44-30)17-24(35)18-36-34/h9-10,22,24-25,27,39H,7-8,11-21H2,1-6H3/q-1/t24-,25-,27+,32-,33+,34-,35+/m0/s1. The van der Waals surface area contributed by atoms with Gasteiger partial charge in [0.2, 0.25) is 0 Å². The van der Waals surface area contributed by atoms with E-state index in [0.29, 0.717) is 37.5 Å². The number of piperidine rings is 1. The second kappa shape index (κ2) is 11.0. The molecule has 2 bridgehead atoms. The molecular formula is C35H51INO7-. The van der Waals surface area contributed by atoms with Gasteiger partial charge in [0, 0.05) is 7.11 Å². The van der Waals surface area contributed by atoms with Crippen LogP contribution in [-0.4, -0.2) is 94.8 Å². The summed E-state index contributed by atoms with van der Waals surface area (Å²) < 4.78 is 30.9. The van der Waals surface area contributed by atoms with Gasteiger partial charge in [0.05, 0.1) is 0 Å². The molecule has 0 unspecified atom stereocenters. The maximum atomic E-state index is 12.9. The minimum absolute atomic E-state index is 0.00402. The van der Waals surface area contributed by atoms with Gasteiger partial charge in [-0.05, 0) is 0 Å². The molecule has 4 fully saturated rings. The van der Waals surface area contributed by atoms with Crippen molar-refractivity contribution in [2.24, 2.45) is 23.2 Å². The molecule has 44 heavy (non-hydrogen) atoms. The number of likely N-dealkylation sites (tertiary alicyclic amines) is 1. The summed E-state index contributed by atoms with van der Waals surface area (Å²) in [6.45, 7) is 12.0. The summed E-state index contributed by atoms with van der Waals surface area (Å²) in [6.07, 6.45) is 6.78. The van der Waals surface area contributed by atoms with Crippen LogP contribution in [0.4, 0.5) is 0 Å². The molecular weight excluding hydrogens is 673 g/mol. The number of alkyl halides is 2. The number of halogens is 1. The van der Waals surface area contributed by atoms with Crippen molar-refractivity contribution in [3.63, 3.8) is 0 Å². The second-order valence-electron chi connectivity index (χ2n) is 15.6. The number of benzene rings is 1. The van der Waals surface area contributed by atoms with E-state index in [1.54, 1.807) is 14.2 Å². The molecule has 0 radical (unpaired) electrons. The van der Waals surface area contributed by atoms with Crippen LogP contribution in [0.3, 0.4) is 0 Å². The zero-order valence-corrected chi connectivity index (χ0v) is 29.5. The Bertz CT molecular complexity index is 1290. The molecule has 6 aliphatic rings. The number of methoxy groups -OCH3 is 2. The number of esters is 1. The number of hydrogen-bond acceptors (Lipinski definition) is 8. The Hall–Kier alpha value is -0.980. The summed E-state index contributed by atoms with van der Waals surface area (Å²) in [7, 11) is 3.39. The van der Waals surface area contributed by atoms with Crippen LogP contribution in [0, 0.1) is 23.2 Å². The summed E-state index contributed by atoms with van der Waals surface area (Å²) in [5, 5.41) is 12.2. The SMILES string of the molecule is COCCOCC(=O)Oc1ccc2c3c1O[C@]14C[C@H]1C[I-][C@@]1(C[C@@H](COC)[C@](C)(O)C(C)(C)C)[C@@H](C2)N(CC2CC2)CC[C@@]314. The van der Waals surface area contributed by atoms with Gasteiger partial charge in [-0.3, -0.25) is 0 Å². The fourth-order valence-corrected chi connectivity index (χ4v) is 15.3. The van der Waals surface area contributed by atoms with E-state index in [1.807, 2.05) is 13.0 Å². The zero-order chi connectivity index (χ0) is 31.1. The van der Waals surface area contributed by atoms with Crippen molar-refractivity contribution in [1.82, 2.24) is 4.90 Å². The predicted molar refractivity (Wildman–Crippen MR) is 162 cm³/mol. The first-order chi connectivity index (χ1) is 20.9. The van der Waals surface area contributed by atoms with Crippen molar-refractivity contribution in [3.05, 3.63) is 23.3 Å². The first-order valence-corrected chi connectivity index (χ1v) is 19.2. The molecule has 9 heteroatoms. The van der Waals surface area contributed by atoms with Gasteiger partial charge in [0.1, 0.15) is 0 Å². The van der Waals surface area contributed by atoms with Gasteiger partial charge in [-0.25, -0.2) is 0 Å². The van der Waals surface area contributed by atoms with Crippen LogP contribution in [0.1, 0.15) is 70.9 Å². The van der Waals surface area contributed by atoms with Crippen molar-refractivity contribution in [3.8, 4) is 11.5 Å². The molecule has 2 saturated heterocycles. The molecule has 3 aliphatic heterocycles. The van der Waals surface area contributed by atoms with Gasteiger partial charge < -0.3 is 0 Å². The van der Waals surface area contributed by atoms with Gasteiger partial charge >= 0.3 is 267 Å². The van der Waals surface area contributed by atoms with Crippen LogP contribution in [0.15, 0.2) is 12.1 Å². The van der Waals surface area contributed by atoms with E-state index in [0.717, 1.165) is 43.9 Å². The Morgan fingerprint density at radius 3 is 2.68 bits per heavy atom. The molecule has 7 atom stereocenters. The first-order valence-electron chi connectivity index (χ1n) is 16.6. The normalized spacial score (nSPS) is 35.4. The summed E-state index contributed by atoms with van der Waals surface area (Å²) in [6, 6.07) is 4.62. The molecule has 1 aromatic carbocycles. The fourth-order valence-electron chi connectivity index (χ4n) is 9.37. The zero-order valence-electron chi connectivity index (χ0n) is 27.4. The van der Waals surface area contributed by atoms with Crippen LogP contribution in [-0.2, 0) is 30.8 Å². The van der Waals surface area contributed by atoms with E-state index >= 15 is 0 Å². The molecule has 1 N–H and O–H groups in total. The third-order valence-electron chi connectivity index (χ3n) is 12.3. The van der Waals surface area contributed by atoms with Crippen molar-refractivity contribution < 1.29 is 54.8 Å². The van der Waals surface area contributed by atoms with Crippen molar-refractivity contribution in [2.45, 2.75) is 92.3 Å². The van der Waals surface area contributed by atoms with Gasteiger partial charge in [-0.15, -0.1) is 0 Å². The molecule has 3 aliphatic carbocycles. The average molecular weight is 725 g/mol. The van der Waals surface area contributed by atoms with Crippen molar-refractivity contribution in [2.75, 3.05) is 58.2 Å². The Morgan fingerprint density at radius 2 is 1.98 bits per heavy atom. The molecule has 1 aromatic rings. The second-order valence-corrected chi connectivity index (χ2v) is 19.1. The van der Waals surface area contributed by atoms with Crippen LogP contribution >= 0.6 is 0 Å². The third kappa shape index (κ3) is 4.56. The molecule has 0 amide bonds. The summed E-state index contributed by atoms with van der Waals surface area (Å²) in [5.41, 5.74) is 1.15. The molecule has 8 nitrogen and oxygen atoms in total. The van der Waals surface area contributed by atoms with Crippen molar-refractivity contribution in [1.29, 1.82) is 0 Å². The summed E-state index contributed by atoms with van der Waals surface area (Å²) in [4.78, 5) is 15.8. The molecule has 7 rings (SSSR count). The van der Waals surface area contributed by atoms with Gasteiger partial charge in [-0.2, -0.15) is 0 Å². The van der Waals surface area contributed by atoms with Crippen LogP contribution in [0.2, 0.25) is 0 Å². The van der Waals surface area contributed by atoms with E-state index in [-0.39, 0.29) is 53.6 Å². The van der Waals surface area contributed by atoms with Crippen LogP contribution in [0.5, 0.6) is 11.5 Å². The van der Waals surface area contributed by atoms with E-state index in [2.05, 4.69) is 31.7 Å². The Labute approximate surface area is 273 Å². The third-order valence-corrected chi connectivity index (χ3v) is 17.3. The van der Waals surface area contributed by atoms with E-state index in [9.17, 15) is 9.90 Å². The van der Waals surface area contributed by atoms with Gasteiger partial charge in [0.25, 0.3) is 0 Å². The average Bonchev–Trinajstić information content (AvgIpc) is 3.88. The number of aliphatic hydroxyl groups is 1. The fraction of sp³-hybridized carbons (Fsp3) is 0.800. The van der Waals surface area contributed by atoms with Crippen LogP contribution in [0.25, 0.3) is 0 Å². The summed E-state index contributed by atoms with van der Waals surface area (Å²) >= 11 is -0.232. The number of carbonyl (C=O) groups excluding carboxylic acids is 1. The Morgan fingerprint density at radius 1 is 1.18 bits per heavy atom. The predicted octanol–water partition coefficient (Wildman–Crippen LogP) is 0.976. The number of ether oxygens (including phenoxy) is 5. The number of rotatable bonds is 13. The summed E-state index contributed by atoms with van der Waals surface area (Å²) in [5.74, 6) is 2.31. The van der Waals surface area contributed by atoms with Crippen LogP contribution < -0.4 is 30.7 Å². The molecule has 0 aromatic heterocycles. The number of carbonyl (C=O) groups is 1.